The standard InChI is InChI=1S/C11H20N4O2/c1-8(16-2)11-10(6-12)13-14-15(11)7-9-4-3-5-17-9/h8-9H,3-7,12H2,1-2H3. The summed E-state index contributed by atoms with van der Waals surface area (Å²) in [5, 5.41) is 8.24. The van der Waals surface area contributed by atoms with Gasteiger partial charge in [0, 0.05) is 20.3 Å². The Balaban J connectivity index is 2.17. The number of ether oxygens (including phenoxy) is 2. The lowest BCUT2D eigenvalue weighted by Gasteiger charge is -2.15. The van der Waals surface area contributed by atoms with Gasteiger partial charge in [-0.05, 0) is 19.8 Å². The molecule has 0 aliphatic carbocycles. The van der Waals surface area contributed by atoms with Crippen LogP contribution in [0.15, 0.2) is 0 Å². The topological polar surface area (TPSA) is 75.2 Å². The highest BCUT2D eigenvalue weighted by molar-refractivity contribution is 5.12. The van der Waals surface area contributed by atoms with Crippen molar-refractivity contribution >= 4 is 0 Å². The predicted molar refractivity (Wildman–Crippen MR) is 62.3 cm³/mol. The molecule has 1 fully saturated rings. The molecule has 2 rings (SSSR count). The second-order valence-electron chi connectivity index (χ2n) is 4.32. The highest BCUT2D eigenvalue weighted by Crippen LogP contribution is 2.21. The minimum Gasteiger partial charge on any atom is -0.376 e. The maximum Gasteiger partial charge on any atom is 0.102 e. The zero-order valence-electron chi connectivity index (χ0n) is 10.4. The average molecular weight is 240 g/mol. The fourth-order valence-electron chi connectivity index (χ4n) is 2.17. The molecule has 0 bridgehead atoms. The summed E-state index contributed by atoms with van der Waals surface area (Å²) < 4.78 is 12.8. The van der Waals surface area contributed by atoms with Crippen LogP contribution in [0.2, 0.25) is 0 Å². The van der Waals surface area contributed by atoms with E-state index in [1.807, 2.05) is 11.6 Å². The van der Waals surface area contributed by atoms with Gasteiger partial charge in [-0.3, -0.25) is 0 Å². The van der Waals surface area contributed by atoms with E-state index in [9.17, 15) is 0 Å². The van der Waals surface area contributed by atoms with E-state index in [2.05, 4.69) is 10.3 Å². The summed E-state index contributed by atoms with van der Waals surface area (Å²) in [4.78, 5) is 0. The first-order valence-electron chi connectivity index (χ1n) is 6.03. The molecule has 17 heavy (non-hydrogen) atoms. The third kappa shape index (κ3) is 2.65. The number of hydrogen-bond donors (Lipinski definition) is 1. The summed E-state index contributed by atoms with van der Waals surface area (Å²) in [6.07, 6.45) is 2.40. The Kier molecular flexibility index (Phi) is 4.09. The fraction of sp³-hybridized carbons (Fsp3) is 0.818. The lowest BCUT2D eigenvalue weighted by molar-refractivity contribution is 0.0819. The number of methoxy groups -OCH3 is 1. The predicted octanol–water partition coefficient (Wildman–Crippen LogP) is 0.623. The quantitative estimate of drug-likeness (QED) is 0.816. The first kappa shape index (κ1) is 12.5. The third-order valence-corrected chi connectivity index (χ3v) is 3.18. The Labute approximate surface area is 101 Å². The highest BCUT2D eigenvalue weighted by atomic mass is 16.5. The number of nitrogens with zero attached hydrogens (tertiary/aromatic N) is 3. The Bertz CT molecular complexity index is 360. The van der Waals surface area contributed by atoms with Crippen LogP contribution in [0.4, 0.5) is 0 Å². The fourth-order valence-corrected chi connectivity index (χ4v) is 2.17. The van der Waals surface area contributed by atoms with Gasteiger partial charge in [0.25, 0.3) is 0 Å². The molecule has 2 heterocycles. The smallest absolute Gasteiger partial charge is 0.102 e. The van der Waals surface area contributed by atoms with Crippen LogP contribution in [-0.2, 0) is 22.6 Å². The molecule has 0 radical (unpaired) electrons. The van der Waals surface area contributed by atoms with Crippen LogP contribution in [0, 0.1) is 0 Å². The second kappa shape index (κ2) is 5.57. The molecule has 0 saturated carbocycles. The molecule has 1 saturated heterocycles. The van der Waals surface area contributed by atoms with Gasteiger partial charge in [0.2, 0.25) is 0 Å². The molecule has 1 aliphatic heterocycles. The zero-order chi connectivity index (χ0) is 12.3. The molecular weight excluding hydrogens is 220 g/mol. The molecule has 2 unspecified atom stereocenters. The van der Waals surface area contributed by atoms with Crippen LogP contribution >= 0.6 is 0 Å². The van der Waals surface area contributed by atoms with Gasteiger partial charge in [-0.2, -0.15) is 0 Å². The Morgan fingerprint density at radius 3 is 3.06 bits per heavy atom. The number of aromatic nitrogens is 3. The van der Waals surface area contributed by atoms with E-state index in [-0.39, 0.29) is 12.2 Å². The molecule has 6 nitrogen and oxygen atoms in total. The van der Waals surface area contributed by atoms with E-state index >= 15 is 0 Å². The van der Waals surface area contributed by atoms with Gasteiger partial charge in [0.1, 0.15) is 5.69 Å². The summed E-state index contributed by atoms with van der Waals surface area (Å²) in [6, 6.07) is 0. The molecular formula is C11H20N4O2. The van der Waals surface area contributed by atoms with E-state index in [0.717, 1.165) is 37.4 Å². The van der Waals surface area contributed by atoms with Crippen LogP contribution in [0.5, 0.6) is 0 Å². The molecule has 6 heteroatoms. The monoisotopic (exact) mass is 240 g/mol. The summed E-state index contributed by atoms with van der Waals surface area (Å²) in [5.41, 5.74) is 7.43. The van der Waals surface area contributed by atoms with Gasteiger partial charge in [0.15, 0.2) is 0 Å². The summed E-state index contributed by atoms with van der Waals surface area (Å²) in [7, 11) is 1.67. The molecule has 0 aromatic carbocycles. The first-order valence-corrected chi connectivity index (χ1v) is 6.03. The second-order valence-corrected chi connectivity index (χ2v) is 4.32. The van der Waals surface area contributed by atoms with Crippen molar-refractivity contribution in [3.05, 3.63) is 11.4 Å². The molecule has 0 spiro atoms. The summed E-state index contributed by atoms with van der Waals surface area (Å²) in [5.74, 6) is 0. The van der Waals surface area contributed by atoms with E-state index in [1.165, 1.54) is 0 Å². The van der Waals surface area contributed by atoms with Gasteiger partial charge in [0.05, 0.1) is 24.4 Å². The number of nitrogens with two attached hydrogens (primary N) is 1. The van der Waals surface area contributed by atoms with Crippen molar-refractivity contribution in [1.82, 2.24) is 15.0 Å². The van der Waals surface area contributed by atoms with Crippen molar-refractivity contribution in [3.8, 4) is 0 Å². The van der Waals surface area contributed by atoms with Gasteiger partial charge >= 0.3 is 0 Å². The summed E-state index contributed by atoms with van der Waals surface area (Å²) >= 11 is 0. The maximum absolute atomic E-state index is 5.66. The van der Waals surface area contributed by atoms with Gasteiger partial charge in [-0.1, -0.05) is 5.21 Å². The third-order valence-electron chi connectivity index (χ3n) is 3.18. The number of hydrogen-bond acceptors (Lipinski definition) is 5. The zero-order valence-corrected chi connectivity index (χ0v) is 10.4. The molecule has 1 aromatic heterocycles. The lowest BCUT2D eigenvalue weighted by Crippen LogP contribution is -2.20. The number of rotatable bonds is 5. The normalized spacial score (nSPS) is 21.9. The van der Waals surface area contributed by atoms with Crippen molar-refractivity contribution in [3.63, 3.8) is 0 Å². The molecule has 2 N–H and O–H groups in total. The molecule has 2 atom stereocenters. The van der Waals surface area contributed by atoms with Crippen molar-refractivity contribution in [1.29, 1.82) is 0 Å². The average Bonchev–Trinajstić information content (AvgIpc) is 2.98. The van der Waals surface area contributed by atoms with Crippen molar-refractivity contribution < 1.29 is 9.47 Å². The summed E-state index contributed by atoms with van der Waals surface area (Å²) in [6.45, 7) is 3.94. The Hall–Kier alpha value is -0.980. The van der Waals surface area contributed by atoms with Gasteiger partial charge in [-0.25, -0.2) is 4.68 Å². The van der Waals surface area contributed by atoms with Crippen LogP contribution in [0.25, 0.3) is 0 Å². The maximum atomic E-state index is 5.66. The minimum absolute atomic E-state index is 0.0510. The van der Waals surface area contributed by atoms with Crippen LogP contribution in [0.3, 0.4) is 0 Å². The van der Waals surface area contributed by atoms with Gasteiger partial charge in [-0.15, -0.1) is 5.10 Å². The van der Waals surface area contributed by atoms with Crippen LogP contribution in [-0.4, -0.2) is 34.8 Å². The Morgan fingerprint density at radius 2 is 2.47 bits per heavy atom. The van der Waals surface area contributed by atoms with Gasteiger partial charge < -0.3 is 15.2 Å². The first-order chi connectivity index (χ1) is 8.26. The van der Waals surface area contributed by atoms with E-state index < -0.39 is 0 Å². The Morgan fingerprint density at radius 1 is 1.65 bits per heavy atom. The van der Waals surface area contributed by atoms with Crippen molar-refractivity contribution in [2.24, 2.45) is 5.73 Å². The van der Waals surface area contributed by atoms with E-state index in [1.54, 1.807) is 7.11 Å². The molecule has 96 valence electrons. The largest absolute Gasteiger partial charge is 0.376 e. The van der Waals surface area contributed by atoms with E-state index in [4.69, 9.17) is 15.2 Å². The SMILES string of the molecule is COC(C)c1c(CN)nnn1CC1CCCO1. The lowest BCUT2D eigenvalue weighted by atomic mass is 10.2. The molecule has 0 amide bonds. The van der Waals surface area contributed by atoms with E-state index in [0.29, 0.717) is 6.54 Å². The molecule has 1 aliphatic rings. The molecule has 1 aromatic rings. The van der Waals surface area contributed by atoms with Crippen LogP contribution < -0.4 is 5.73 Å². The minimum atomic E-state index is -0.0510. The highest BCUT2D eigenvalue weighted by Gasteiger charge is 2.22. The van der Waals surface area contributed by atoms with Crippen molar-refractivity contribution in [2.75, 3.05) is 13.7 Å². The van der Waals surface area contributed by atoms with Crippen molar-refractivity contribution in [2.45, 2.75) is 45.1 Å². The van der Waals surface area contributed by atoms with Crippen LogP contribution in [0.1, 0.15) is 37.3 Å².